The molecule has 1 heterocycles. The number of nitrogen functional groups attached to an aromatic ring is 1. The van der Waals surface area contributed by atoms with Crippen LogP contribution in [0, 0.1) is 0 Å². The first kappa shape index (κ1) is 12.8. The number of carbonyl (C=O) groups is 1. The zero-order valence-electron chi connectivity index (χ0n) is 9.50. The number of para-hydroxylation sites is 1. The van der Waals surface area contributed by atoms with E-state index in [1.54, 1.807) is 0 Å². The molecule has 0 unspecified atom stereocenters. The fourth-order valence-corrected chi connectivity index (χ4v) is 2.90. The van der Waals surface area contributed by atoms with Crippen molar-refractivity contribution < 1.29 is 4.79 Å². The van der Waals surface area contributed by atoms with E-state index >= 15 is 0 Å². The molecule has 0 aliphatic carbocycles. The van der Waals surface area contributed by atoms with E-state index in [2.05, 4.69) is 15.5 Å². The van der Waals surface area contributed by atoms with Crippen molar-refractivity contribution in [3.63, 3.8) is 0 Å². The molecule has 2 rings (SSSR count). The topological polar surface area (TPSA) is 80.9 Å². The summed E-state index contributed by atoms with van der Waals surface area (Å²) in [5, 5.41) is 10.9. The van der Waals surface area contributed by atoms with Crippen LogP contribution in [0.1, 0.15) is 6.42 Å². The Morgan fingerprint density at radius 3 is 2.78 bits per heavy atom. The van der Waals surface area contributed by atoms with Crippen molar-refractivity contribution in [3.05, 3.63) is 30.3 Å². The van der Waals surface area contributed by atoms with Gasteiger partial charge in [-0.05, 0) is 12.1 Å². The predicted molar refractivity (Wildman–Crippen MR) is 74.7 cm³/mol. The van der Waals surface area contributed by atoms with Gasteiger partial charge >= 0.3 is 0 Å². The summed E-state index contributed by atoms with van der Waals surface area (Å²) in [5.41, 5.74) is 6.28. The lowest BCUT2D eigenvalue weighted by Gasteiger charge is -2.03. The Labute approximate surface area is 113 Å². The van der Waals surface area contributed by atoms with Gasteiger partial charge in [-0.25, -0.2) is 0 Å². The van der Waals surface area contributed by atoms with E-state index in [0.717, 1.165) is 10.0 Å². The number of nitrogens with one attached hydrogen (secondary N) is 1. The molecule has 94 valence electrons. The number of hydrogen-bond donors (Lipinski definition) is 2. The van der Waals surface area contributed by atoms with E-state index in [-0.39, 0.29) is 5.91 Å². The molecular weight excluding hydrogens is 268 g/mol. The summed E-state index contributed by atoms with van der Waals surface area (Å²) in [4.78, 5) is 11.6. The van der Waals surface area contributed by atoms with Gasteiger partial charge in [0, 0.05) is 17.9 Å². The molecule has 0 saturated carbocycles. The van der Waals surface area contributed by atoms with Gasteiger partial charge in [-0.2, -0.15) is 0 Å². The molecule has 0 aliphatic rings. The van der Waals surface area contributed by atoms with E-state index in [9.17, 15) is 4.79 Å². The summed E-state index contributed by atoms with van der Waals surface area (Å²) < 4.78 is 0.792. The first-order chi connectivity index (χ1) is 8.74. The van der Waals surface area contributed by atoms with E-state index in [1.807, 2.05) is 30.3 Å². The molecule has 0 fully saturated rings. The largest absolute Gasteiger partial charge is 0.374 e. The molecular formula is C11H12N4OS2. The monoisotopic (exact) mass is 280 g/mol. The van der Waals surface area contributed by atoms with Crippen LogP contribution in [-0.4, -0.2) is 21.9 Å². The minimum Gasteiger partial charge on any atom is -0.374 e. The van der Waals surface area contributed by atoms with Gasteiger partial charge in [-0.1, -0.05) is 41.3 Å². The van der Waals surface area contributed by atoms with E-state index in [1.165, 1.54) is 23.1 Å². The van der Waals surface area contributed by atoms with Crippen molar-refractivity contribution in [3.8, 4) is 0 Å². The van der Waals surface area contributed by atoms with E-state index < -0.39 is 0 Å². The van der Waals surface area contributed by atoms with Gasteiger partial charge in [0.2, 0.25) is 11.0 Å². The quantitative estimate of drug-likeness (QED) is 0.821. The lowest BCUT2D eigenvalue weighted by Crippen LogP contribution is -2.11. The van der Waals surface area contributed by atoms with Crippen LogP contribution < -0.4 is 11.1 Å². The number of anilines is 2. The standard InChI is InChI=1S/C11H12N4OS2/c12-10-14-15-11(18-10)17-7-6-9(16)13-8-4-2-1-3-5-8/h1-5H,6-7H2,(H2,12,14)(H,13,16). The molecule has 0 bridgehead atoms. The number of hydrogen-bond acceptors (Lipinski definition) is 6. The first-order valence-corrected chi connectivity index (χ1v) is 7.11. The summed E-state index contributed by atoms with van der Waals surface area (Å²) in [7, 11) is 0. The Morgan fingerprint density at radius 1 is 1.33 bits per heavy atom. The average molecular weight is 280 g/mol. The van der Waals surface area contributed by atoms with Gasteiger partial charge in [-0.3, -0.25) is 4.79 Å². The number of thioether (sulfide) groups is 1. The SMILES string of the molecule is Nc1nnc(SCCC(=O)Nc2ccccc2)s1. The molecule has 2 aromatic rings. The molecule has 5 nitrogen and oxygen atoms in total. The van der Waals surface area contributed by atoms with Crippen molar-refractivity contribution in [2.75, 3.05) is 16.8 Å². The fourth-order valence-electron chi connectivity index (χ4n) is 1.25. The summed E-state index contributed by atoms with van der Waals surface area (Å²) in [5.74, 6) is 0.652. The predicted octanol–water partition coefficient (Wildman–Crippen LogP) is 2.24. The minimum atomic E-state index is -0.00816. The van der Waals surface area contributed by atoms with Crippen LogP contribution in [0.4, 0.5) is 10.8 Å². The Kier molecular flexibility index (Phi) is 4.54. The average Bonchev–Trinajstić information content (AvgIpc) is 2.76. The van der Waals surface area contributed by atoms with Crippen molar-refractivity contribution in [1.82, 2.24) is 10.2 Å². The normalized spacial score (nSPS) is 10.2. The van der Waals surface area contributed by atoms with E-state index in [4.69, 9.17) is 5.73 Å². The summed E-state index contributed by atoms with van der Waals surface area (Å²) in [6.45, 7) is 0. The second-order valence-corrected chi connectivity index (χ2v) is 5.77. The van der Waals surface area contributed by atoms with Crippen molar-refractivity contribution in [1.29, 1.82) is 0 Å². The maximum Gasteiger partial charge on any atom is 0.225 e. The highest BCUT2D eigenvalue weighted by molar-refractivity contribution is 8.01. The third kappa shape index (κ3) is 4.01. The fraction of sp³-hybridized carbons (Fsp3) is 0.182. The third-order valence-corrected chi connectivity index (χ3v) is 3.92. The Morgan fingerprint density at radius 2 is 2.11 bits per heavy atom. The summed E-state index contributed by atoms with van der Waals surface area (Å²) in [6, 6.07) is 9.39. The van der Waals surface area contributed by atoms with Gasteiger partial charge in [0.1, 0.15) is 0 Å². The van der Waals surface area contributed by atoms with Crippen molar-refractivity contribution in [2.24, 2.45) is 0 Å². The molecule has 0 radical (unpaired) electrons. The van der Waals surface area contributed by atoms with Crippen molar-refractivity contribution >= 4 is 39.8 Å². The molecule has 18 heavy (non-hydrogen) atoms. The minimum absolute atomic E-state index is 0.00816. The number of benzene rings is 1. The van der Waals surface area contributed by atoms with E-state index in [0.29, 0.717) is 17.3 Å². The highest BCUT2D eigenvalue weighted by Gasteiger charge is 2.05. The molecule has 1 aromatic carbocycles. The second kappa shape index (κ2) is 6.36. The Bertz CT molecular complexity index is 515. The molecule has 0 spiro atoms. The van der Waals surface area contributed by atoms with Crippen LogP contribution in [0.2, 0.25) is 0 Å². The van der Waals surface area contributed by atoms with Crippen molar-refractivity contribution in [2.45, 2.75) is 10.8 Å². The van der Waals surface area contributed by atoms with Gasteiger partial charge < -0.3 is 11.1 Å². The van der Waals surface area contributed by atoms with Crippen LogP contribution >= 0.6 is 23.1 Å². The molecule has 7 heteroatoms. The highest BCUT2D eigenvalue weighted by Crippen LogP contribution is 2.23. The number of rotatable bonds is 5. The maximum atomic E-state index is 11.6. The molecule has 0 atom stereocenters. The zero-order valence-corrected chi connectivity index (χ0v) is 11.1. The van der Waals surface area contributed by atoms with Gasteiger partial charge in [0.15, 0.2) is 4.34 Å². The maximum absolute atomic E-state index is 11.6. The van der Waals surface area contributed by atoms with Gasteiger partial charge in [-0.15, -0.1) is 10.2 Å². The number of amides is 1. The summed E-state index contributed by atoms with van der Waals surface area (Å²) in [6.07, 6.45) is 0.430. The smallest absolute Gasteiger partial charge is 0.225 e. The first-order valence-electron chi connectivity index (χ1n) is 5.31. The van der Waals surface area contributed by atoms with Gasteiger partial charge in [0.25, 0.3) is 0 Å². The number of aromatic nitrogens is 2. The number of carbonyl (C=O) groups excluding carboxylic acids is 1. The lowest BCUT2D eigenvalue weighted by atomic mass is 10.3. The van der Waals surface area contributed by atoms with Crippen LogP contribution in [0.3, 0.4) is 0 Å². The molecule has 3 N–H and O–H groups in total. The molecule has 0 saturated heterocycles. The Hall–Kier alpha value is -1.60. The van der Waals surface area contributed by atoms with Crippen LogP contribution in [0.15, 0.2) is 34.7 Å². The molecule has 0 aliphatic heterocycles. The lowest BCUT2D eigenvalue weighted by molar-refractivity contribution is -0.115. The highest BCUT2D eigenvalue weighted by atomic mass is 32.2. The number of nitrogens with two attached hydrogens (primary N) is 1. The molecule has 1 amide bonds. The Balaban J connectivity index is 1.72. The third-order valence-electron chi connectivity index (χ3n) is 2.03. The summed E-state index contributed by atoms with van der Waals surface area (Å²) >= 11 is 2.81. The molecule has 1 aromatic heterocycles. The zero-order chi connectivity index (χ0) is 12.8. The second-order valence-electron chi connectivity index (χ2n) is 3.42. The number of nitrogens with zero attached hydrogens (tertiary/aromatic N) is 2. The van der Waals surface area contributed by atoms with Gasteiger partial charge in [0.05, 0.1) is 0 Å². The van der Waals surface area contributed by atoms with Crippen LogP contribution in [0.5, 0.6) is 0 Å². The van der Waals surface area contributed by atoms with Crippen LogP contribution in [-0.2, 0) is 4.79 Å². The van der Waals surface area contributed by atoms with Crippen LogP contribution in [0.25, 0.3) is 0 Å².